The molecular formula is C27H30N2O2. The van der Waals surface area contributed by atoms with Gasteiger partial charge < -0.3 is 9.64 Å². The molecule has 1 aliphatic rings. The molecule has 4 heteroatoms. The fraction of sp³-hybridized carbons (Fsp3) is 0.296. The van der Waals surface area contributed by atoms with Gasteiger partial charge in [0.15, 0.2) is 0 Å². The summed E-state index contributed by atoms with van der Waals surface area (Å²) in [5.74, 6) is 0.674. The van der Waals surface area contributed by atoms with Crippen molar-refractivity contribution < 1.29 is 9.53 Å². The number of para-hydroxylation sites is 1. The Morgan fingerprint density at radius 1 is 0.871 bits per heavy atom. The molecule has 3 aromatic carbocycles. The number of piperazine rings is 1. The Bertz CT molecular complexity index is 1040. The van der Waals surface area contributed by atoms with Gasteiger partial charge in [0, 0.05) is 26.2 Å². The Morgan fingerprint density at radius 2 is 1.55 bits per heavy atom. The van der Waals surface area contributed by atoms with Gasteiger partial charge in [-0.1, -0.05) is 66.2 Å². The summed E-state index contributed by atoms with van der Waals surface area (Å²) in [6.45, 7) is 7.39. The molecular weight excluding hydrogens is 384 g/mol. The monoisotopic (exact) mass is 414 g/mol. The molecule has 0 saturated carbocycles. The molecule has 3 aromatic rings. The van der Waals surface area contributed by atoms with E-state index in [0.717, 1.165) is 13.1 Å². The lowest BCUT2D eigenvalue weighted by molar-refractivity contribution is 0.0594. The van der Waals surface area contributed by atoms with Crippen LogP contribution in [0.5, 0.6) is 5.75 Å². The molecule has 1 saturated heterocycles. The minimum atomic E-state index is 0.0418. The maximum atomic E-state index is 13.1. The summed E-state index contributed by atoms with van der Waals surface area (Å²) >= 11 is 0. The van der Waals surface area contributed by atoms with Crippen LogP contribution in [0.1, 0.15) is 38.7 Å². The van der Waals surface area contributed by atoms with Crippen LogP contribution in [0.25, 0.3) is 0 Å². The molecule has 1 atom stereocenters. The van der Waals surface area contributed by atoms with E-state index in [4.69, 9.17) is 4.74 Å². The Kier molecular flexibility index (Phi) is 6.38. The highest BCUT2D eigenvalue weighted by molar-refractivity contribution is 5.97. The van der Waals surface area contributed by atoms with Gasteiger partial charge >= 0.3 is 0 Å². The van der Waals surface area contributed by atoms with Gasteiger partial charge in [-0.25, -0.2) is 0 Å². The van der Waals surface area contributed by atoms with E-state index in [0.29, 0.717) is 24.4 Å². The summed E-state index contributed by atoms with van der Waals surface area (Å²) in [5.41, 5.74) is 5.84. The van der Waals surface area contributed by atoms with Crippen LogP contribution in [0.3, 0.4) is 0 Å². The fourth-order valence-corrected chi connectivity index (χ4v) is 4.45. The number of hydrogen-bond donors (Lipinski definition) is 0. The van der Waals surface area contributed by atoms with Crippen molar-refractivity contribution >= 4 is 5.91 Å². The number of carbonyl (C=O) groups excluding carboxylic acids is 1. The standard InChI is InChI=1S/C27H30N2O2/c1-20-13-14-21(2)24(19-20)26(22-9-5-4-6-10-22)28-15-17-29(18-16-28)27(30)23-11-7-8-12-25(23)31-3/h4-14,19,26H,15-18H2,1-3H3/t26-/m0/s1. The van der Waals surface area contributed by atoms with Gasteiger partial charge in [-0.3, -0.25) is 9.69 Å². The van der Waals surface area contributed by atoms with E-state index < -0.39 is 0 Å². The maximum Gasteiger partial charge on any atom is 0.257 e. The van der Waals surface area contributed by atoms with E-state index in [1.165, 1.54) is 22.3 Å². The lowest BCUT2D eigenvalue weighted by Gasteiger charge is -2.40. The molecule has 1 fully saturated rings. The zero-order valence-corrected chi connectivity index (χ0v) is 18.5. The number of methoxy groups -OCH3 is 1. The molecule has 0 radical (unpaired) electrons. The fourth-order valence-electron chi connectivity index (χ4n) is 4.45. The Labute approximate surface area is 185 Å². The molecule has 1 heterocycles. The van der Waals surface area contributed by atoms with E-state index in [1.807, 2.05) is 29.2 Å². The largest absolute Gasteiger partial charge is 0.496 e. The zero-order valence-electron chi connectivity index (χ0n) is 18.5. The third kappa shape index (κ3) is 4.49. The first-order valence-corrected chi connectivity index (χ1v) is 10.9. The van der Waals surface area contributed by atoms with E-state index in [2.05, 4.69) is 67.3 Å². The molecule has 160 valence electrons. The minimum absolute atomic E-state index is 0.0418. The first kappa shape index (κ1) is 21.1. The summed E-state index contributed by atoms with van der Waals surface area (Å²) in [6.07, 6.45) is 0. The van der Waals surface area contributed by atoms with Crippen molar-refractivity contribution in [3.8, 4) is 5.75 Å². The average molecular weight is 415 g/mol. The van der Waals surface area contributed by atoms with Crippen LogP contribution in [-0.4, -0.2) is 49.0 Å². The lowest BCUT2D eigenvalue weighted by atomic mass is 9.92. The number of carbonyl (C=O) groups is 1. The van der Waals surface area contributed by atoms with E-state index in [-0.39, 0.29) is 11.9 Å². The van der Waals surface area contributed by atoms with Crippen molar-refractivity contribution in [3.63, 3.8) is 0 Å². The maximum absolute atomic E-state index is 13.1. The van der Waals surface area contributed by atoms with Gasteiger partial charge in [-0.05, 0) is 42.7 Å². The second-order valence-corrected chi connectivity index (χ2v) is 8.20. The summed E-state index contributed by atoms with van der Waals surface area (Å²) in [5, 5.41) is 0. The zero-order chi connectivity index (χ0) is 21.8. The molecule has 0 aliphatic carbocycles. The van der Waals surface area contributed by atoms with E-state index in [1.54, 1.807) is 7.11 Å². The van der Waals surface area contributed by atoms with Crippen molar-refractivity contribution in [1.82, 2.24) is 9.80 Å². The molecule has 1 aliphatic heterocycles. The molecule has 0 bridgehead atoms. The highest BCUT2D eigenvalue weighted by Crippen LogP contribution is 2.32. The van der Waals surface area contributed by atoms with Crippen LogP contribution in [-0.2, 0) is 0 Å². The quantitative estimate of drug-likeness (QED) is 0.598. The predicted octanol–water partition coefficient (Wildman–Crippen LogP) is 4.86. The van der Waals surface area contributed by atoms with Crippen molar-refractivity contribution in [2.45, 2.75) is 19.9 Å². The molecule has 0 unspecified atom stereocenters. The molecule has 4 rings (SSSR count). The van der Waals surface area contributed by atoms with Crippen LogP contribution in [0.4, 0.5) is 0 Å². The molecule has 1 amide bonds. The van der Waals surface area contributed by atoms with Gasteiger partial charge in [-0.15, -0.1) is 0 Å². The van der Waals surface area contributed by atoms with Crippen molar-refractivity contribution in [2.75, 3.05) is 33.3 Å². The number of aryl methyl sites for hydroxylation is 2. The first-order chi connectivity index (χ1) is 15.1. The smallest absolute Gasteiger partial charge is 0.257 e. The van der Waals surface area contributed by atoms with Gasteiger partial charge in [0.2, 0.25) is 0 Å². The lowest BCUT2D eigenvalue weighted by Crippen LogP contribution is -2.50. The van der Waals surface area contributed by atoms with Crippen LogP contribution in [0, 0.1) is 13.8 Å². The Morgan fingerprint density at radius 3 is 2.26 bits per heavy atom. The molecule has 31 heavy (non-hydrogen) atoms. The predicted molar refractivity (Wildman–Crippen MR) is 125 cm³/mol. The second kappa shape index (κ2) is 9.36. The highest BCUT2D eigenvalue weighted by atomic mass is 16.5. The summed E-state index contributed by atoms with van der Waals surface area (Å²) in [4.78, 5) is 17.6. The Balaban J connectivity index is 1.57. The SMILES string of the molecule is COc1ccccc1C(=O)N1CCN([C@@H](c2ccccc2)c2cc(C)ccc2C)CC1. The number of nitrogens with zero attached hydrogens (tertiary/aromatic N) is 2. The van der Waals surface area contributed by atoms with E-state index in [9.17, 15) is 4.79 Å². The van der Waals surface area contributed by atoms with Crippen LogP contribution in [0.2, 0.25) is 0 Å². The van der Waals surface area contributed by atoms with E-state index >= 15 is 0 Å². The van der Waals surface area contributed by atoms with Crippen LogP contribution in [0.15, 0.2) is 72.8 Å². The summed E-state index contributed by atoms with van der Waals surface area (Å²) in [6, 6.07) is 25.0. The van der Waals surface area contributed by atoms with Crippen molar-refractivity contribution in [2.24, 2.45) is 0 Å². The molecule has 0 aromatic heterocycles. The number of ether oxygens (including phenoxy) is 1. The third-order valence-electron chi connectivity index (χ3n) is 6.15. The first-order valence-electron chi connectivity index (χ1n) is 10.9. The topological polar surface area (TPSA) is 32.8 Å². The van der Waals surface area contributed by atoms with Gasteiger partial charge in [-0.2, -0.15) is 0 Å². The van der Waals surface area contributed by atoms with Gasteiger partial charge in [0.1, 0.15) is 5.75 Å². The third-order valence-corrected chi connectivity index (χ3v) is 6.15. The highest BCUT2D eigenvalue weighted by Gasteiger charge is 2.30. The number of hydrogen-bond acceptors (Lipinski definition) is 3. The van der Waals surface area contributed by atoms with Gasteiger partial charge in [0.05, 0.1) is 18.7 Å². The molecule has 0 N–H and O–H groups in total. The Hall–Kier alpha value is -3.11. The number of rotatable bonds is 5. The minimum Gasteiger partial charge on any atom is -0.496 e. The summed E-state index contributed by atoms with van der Waals surface area (Å²) in [7, 11) is 1.61. The number of benzene rings is 3. The van der Waals surface area contributed by atoms with Crippen molar-refractivity contribution in [3.05, 3.63) is 101 Å². The second-order valence-electron chi connectivity index (χ2n) is 8.20. The van der Waals surface area contributed by atoms with Crippen LogP contribution < -0.4 is 4.74 Å². The van der Waals surface area contributed by atoms with Crippen molar-refractivity contribution in [1.29, 1.82) is 0 Å². The normalized spacial score (nSPS) is 15.5. The van der Waals surface area contributed by atoms with Gasteiger partial charge in [0.25, 0.3) is 5.91 Å². The van der Waals surface area contributed by atoms with Crippen LogP contribution >= 0.6 is 0 Å². The molecule has 0 spiro atoms. The summed E-state index contributed by atoms with van der Waals surface area (Å²) < 4.78 is 5.40. The molecule has 4 nitrogen and oxygen atoms in total. The number of amides is 1. The average Bonchev–Trinajstić information content (AvgIpc) is 2.82.